The lowest BCUT2D eigenvalue weighted by atomic mass is 10.0. The molecule has 2 aliphatic rings. The van der Waals surface area contributed by atoms with E-state index < -0.39 is 0 Å². The SMILES string of the molecule is CCCCN1C(=O)/C(=C\C2=Cc3ccccc3OC2C)SC1=S. The second-order valence-electron chi connectivity index (χ2n) is 5.63. The van der Waals surface area contributed by atoms with Crippen molar-refractivity contribution in [3.05, 3.63) is 46.4 Å². The lowest BCUT2D eigenvalue weighted by Gasteiger charge is -2.23. The van der Waals surface area contributed by atoms with Crippen LogP contribution in [0.25, 0.3) is 6.08 Å². The van der Waals surface area contributed by atoms with Crippen molar-refractivity contribution < 1.29 is 9.53 Å². The van der Waals surface area contributed by atoms with Crippen LogP contribution in [0, 0.1) is 0 Å². The number of hydrogen-bond donors (Lipinski definition) is 0. The van der Waals surface area contributed by atoms with Crippen LogP contribution in [0.5, 0.6) is 5.75 Å². The largest absolute Gasteiger partial charge is 0.485 e. The number of hydrogen-bond acceptors (Lipinski definition) is 4. The first-order valence-electron chi connectivity index (χ1n) is 7.82. The van der Waals surface area contributed by atoms with Crippen LogP contribution in [0.3, 0.4) is 0 Å². The second kappa shape index (κ2) is 6.89. The monoisotopic (exact) mass is 345 g/mol. The first kappa shape index (κ1) is 16.3. The van der Waals surface area contributed by atoms with Gasteiger partial charge in [0.2, 0.25) is 0 Å². The van der Waals surface area contributed by atoms with Gasteiger partial charge in [0.1, 0.15) is 16.2 Å². The van der Waals surface area contributed by atoms with Crippen molar-refractivity contribution in [3.8, 4) is 5.75 Å². The molecular weight excluding hydrogens is 326 g/mol. The Bertz CT molecular complexity index is 709. The van der Waals surface area contributed by atoms with Crippen molar-refractivity contribution in [1.82, 2.24) is 4.90 Å². The van der Waals surface area contributed by atoms with Crippen LogP contribution in [-0.4, -0.2) is 27.8 Å². The van der Waals surface area contributed by atoms with Crippen LogP contribution in [0.2, 0.25) is 0 Å². The van der Waals surface area contributed by atoms with Crippen LogP contribution in [0.4, 0.5) is 0 Å². The second-order valence-corrected chi connectivity index (χ2v) is 7.30. The molecule has 0 spiro atoms. The number of para-hydroxylation sites is 1. The normalized spacial score (nSPS) is 22.2. The fraction of sp³-hybridized carbons (Fsp3) is 0.333. The molecule has 1 saturated heterocycles. The van der Waals surface area contributed by atoms with E-state index in [0.717, 1.165) is 29.7 Å². The number of thioether (sulfide) groups is 1. The van der Waals surface area contributed by atoms with Gasteiger partial charge in [-0.05, 0) is 37.1 Å². The molecule has 1 unspecified atom stereocenters. The molecule has 0 N–H and O–H groups in total. The Labute approximate surface area is 146 Å². The number of thiocarbonyl (C=S) groups is 1. The minimum absolute atomic E-state index is 0.0143. The number of fused-ring (bicyclic) bond motifs is 1. The van der Waals surface area contributed by atoms with Gasteiger partial charge in [-0.3, -0.25) is 9.69 Å². The number of amides is 1. The predicted octanol–water partition coefficient (Wildman–Crippen LogP) is 4.40. The van der Waals surface area contributed by atoms with E-state index >= 15 is 0 Å². The fourth-order valence-corrected chi connectivity index (χ4v) is 3.89. The summed E-state index contributed by atoms with van der Waals surface area (Å²) in [7, 11) is 0. The van der Waals surface area contributed by atoms with Gasteiger partial charge in [-0.2, -0.15) is 0 Å². The van der Waals surface area contributed by atoms with E-state index in [2.05, 4.69) is 13.0 Å². The van der Waals surface area contributed by atoms with Gasteiger partial charge in [0, 0.05) is 12.1 Å². The third kappa shape index (κ3) is 3.35. The van der Waals surface area contributed by atoms with Gasteiger partial charge in [-0.15, -0.1) is 0 Å². The number of ether oxygens (including phenoxy) is 1. The minimum Gasteiger partial charge on any atom is -0.485 e. The highest BCUT2D eigenvalue weighted by molar-refractivity contribution is 8.26. The average molecular weight is 345 g/mol. The Morgan fingerprint density at radius 3 is 2.96 bits per heavy atom. The zero-order chi connectivity index (χ0) is 16.4. The number of benzene rings is 1. The van der Waals surface area contributed by atoms with Crippen molar-refractivity contribution in [2.24, 2.45) is 0 Å². The van der Waals surface area contributed by atoms with E-state index in [1.807, 2.05) is 37.3 Å². The van der Waals surface area contributed by atoms with E-state index in [4.69, 9.17) is 17.0 Å². The van der Waals surface area contributed by atoms with E-state index in [1.165, 1.54) is 11.8 Å². The van der Waals surface area contributed by atoms with Gasteiger partial charge in [0.05, 0.1) is 4.91 Å². The predicted molar refractivity (Wildman–Crippen MR) is 99.4 cm³/mol. The van der Waals surface area contributed by atoms with Crippen molar-refractivity contribution in [2.75, 3.05) is 6.54 Å². The molecule has 0 saturated carbocycles. The molecule has 120 valence electrons. The standard InChI is InChI=1S/C18H19NO2S2/c1-3-4-9-19-17(20)16(23-18(19)22)11-14-10-13-7-5-6-8-15(13)21-12(14)2/h5-8,10-12H,3-4,9H2,1-2H3/b16-11+. The Hall–Kier alpha value is -1.59. The third-order valence-corrected chi connectivity index (χ3v) is 5.30. The minimum atomic E-state index is -0.0796. The van der Waals surface area contributed by atoms with Gasteiger partial charge < -0.3 is 4.74 Å². The topological polar surface area (TPSA) is 29.5 Å². The highest BCUT2D eigenvalue weighted by Crippen LogP contribution is 2.35. The number of carbonyl (C=O) groups excluding carboxylic acids is 1. The Morgan fingerprint density at radius 2 is 2.17 bits per heavy atom. The average Bonchev–Trinajstić information content (AvgIpc) is 2.80. The Kier molecular flexibility index (Phi) is 4.87. The summed E-state index contributed by atoms with van der Waals surface area (Å²) in [6, 6.07) is 7.92. The molecule has 2 heterocycles. The molecule has 0 bridgehead atoms. The summed E-state index contributed by atoms with van der Waals surface area (Å²) in [6.07, 6.45) is 5.94. The van der Waals surface area contributed by atoms with Crippen molar-refractivity contribution >= 4 is 40.3 Å². The smallest absolute Gasteiger partial charge is 0.266 e. The maximum absolute atomic E-state index is 12.5. The van der Waals surface area contributed by atoms with Gasteiger partial charge in [0.15, 0.2) is 0 Å². The zero-order valence-corrected chi connectivity index (χ0v) is 14.9. The summed E-state index contributed by atoms with van der Waals surface area (Å²) >= 11 is 6.73. The molecule has 3 rings (SSSR count). The Morgan fingerprint density at radius 1 is 1.39 bits per heavy atom. The number of carbonyl (C=O) groups is 1. The fourth-order valence-electron chi connectivity index (χ4n) is 2.58. The zero-order valence-electron chi connectivity index (χ0n) is 13.2. The molecular formula is C18H19NO2S2. The summed E-state index contributed by atoms with van der Waals surface area (Å²) in [5.41, 5.74) is 2.04. The van der Waals surface area contributed by atoms with E-state index in [9.17, 15) is 4.79 Å². The molecule has 0 aromatic heterocycles. The molecule has 1 fully saturated rings. The lowest BCUT2D eigenvalue weighted by Crippen LogP contribution is -2.29. The van der Waals surface area contributed by atoms with Crippen LogP contribution >= 0.6 is 24.0 Å². The first-order valence-corrected chi connectivity index (χ1v) is 9.05. The van der Waals surface area contributed by atoms with E-state index in [1.54, 1.807) is 4.90 Å². The summed E-state index contributed by atoms with van der Waals surface area (Å²) in [4.78, 5) is 14.9. The maximum Gasteiger partial charge on any atom is 0.266 e. The van der Waals surface area contributed by atoms with Crippen LogP contribution < -0.4 is 4.74 Å². The van der Waals surface area contributed by atoms with E-state index in [-0.39, 0.29) is 12.0 Å². The van der Waals surface area contributed by atoms with Gasteiger partial charge in [-0.1, -0.05) is 55.5 Å². The third-order valence-electron chi connectivity index (χ3n) is 3.92. The van der Waals surface area contributed by atoms with Gasteiger partial charge in [0.25, 0.3) is 5.91 Å². The highest BCUT2D eigenvalue weighted by Gasteiger charge is 2.32. The first-order chi connectivity index (χ1) is 11.1. The molecule has 0 aliphatic carbocycles. The number of rotatable bonds is 4. The van der Waals surface area contributed by atoms with Crippen LogP contribution in [-0.2, 0) is 4.79 Å². The van der Waals surface area contributed by atoms with Crippen molar-refractivity contribution in [1.29, 1.82) is 0 Å². The van der Waals surface area contributed by atoms with Crippen molar-refractivity contribution in [3.63, 3.8) is 0 Å². The van der Waals surface area contributed by atoms with Gasteiger partial charge in [-0.25, -0.2) is 0 Å². The molecule has 3 nitrogen and oxygen atoms in total. The Balaban J connectivity index is 1.86. The summed E-state index contributed by atoms with van der Waals surface area (Å²) in [5.74, 6) is 0.896. The highest BCUT2D eigenvalue weighted by atomic mass is 32.2. The van der Waals surface area contributed by atoms with Crippen LogP contribution in [0.15, 0.2) is 40.8 Å². The summed E-state index contributed by atoms with van der Waals surface area (Å²) < 4.78 is 6.58. The number of nitrogens with zero attached hydrogens (tertiary/aromatic N) is 1. The molecule has 0 radical (unpaired) electrons. The van der Waals surface area contributed by atoms with Gasteiger partial charge >= 0.3 is 0 Å². The summed E-state index contributed by atoms with van der Waals surface area (Å²) in [6.45, 7) is 4.80. The molecule has 23 heavy (non-hydrogen) atoms. The molecule has 1 amide bonds. The van der Waals surface area contributed by atoms with E-state index in [0.29, 0.717) is 15.8 Å². The molecule has 1 aromatic carbocycles. The quantitative estimate of drug-likeness (QED) is 0.598. The lowest BCUT2D eigenvalue weighted by molar-refractivity contribution is -0.122. The molecule has 5 heteroatoms. The molecule has 1 aromatic rings. The maximum atomic E-state index is 12.5. The molecule has 2 aliphatic heterocycles. The summed E-state index contributed by atoms with van der Waals surface area (Å²) in [5, 5.41) is 0. The molecule has 1 atom stereocenters. The van der Waals surface area contributed by atoms with Crippen LogP contribution in [0.1, 0.15) is 32.3 Å². The van der Waals surface area contributed by atoms with Crippen molar-refractivity contribution in [2.45, 2.75) is 32.8 Å². The number of unbranched alkanes of at least 4 members (excludes halogenated alkanes) is 1.